The number of benzene rings is 1. The Kier molecular flexibility index (Phi) is 3.43. The third-order valence-electron chi connectivity index (χ3n) is 2.85. The van der Waals surface area contributed by atoms with Crippen LogP contribution in [-0.4, -0.2) is 4.98 Å². The van der Waals surface area contributed by atoms with E-state index in [2.05, 4.69) is 49.3 Å². The van der Waals surface area contributed by atoms with Crippen LogP contribution in [0.1, 0.15) is 22.3 Å². The highest BCUT2D eigenvalue weighted by Crippen LogP contribution is 2.15. The summed E-state index contributed by atoms with van der Waals surface area (Å²) in [6.45, 7) is 7.17. The Labute approximate surface area is 103 Å². The lowest BCUT2D eigenvalue weighted by Crippen LogP contribution is -2.02. The molecule has 0 bridgehead atoms. The van der Waals surface area contributed by atoms with Crippen LogP contribution in [0.4, 0.5) is 5.69 Å². The van der Waals surface area contributed by atoms with E-state index in [9.17, 15) is 0 Å². The molecule has 0 saturated heterocycles. The predicted octanol–water partition coefficient (Wildman–Crippen LogP) is 3.62. The molecule has 88 valence electrons. The fourth-order valence-electron chi connectivity index (χ4n) is 1.96. The number of nitrogens with one attached hydrogen (secondary N) is 1. The largest absolute Gasteiger partial charge is 0.381 e. The summed E-state index contributed by atoms with van der Waals surface area (Å²) in [7, 11) is 0. The van der Waals surface area contributed by atoms with Gasteiger partial charge < -0.3 is 5.32 Å². The molecule has 0 atom stereocenters. The van der Waals surface area contributed by atoms with E-state index in [1.54, 1.807) is 0 Å². The highest BCUT2D eigenvalue weighted by molar-refractivity contribution is 5.48. The zero-order valence-corrected chi connectivity index (χ0v) is 10.6. The Morgan fingerprint density at radius 3 is 2.41 bits per heavy atom. The summed E-state index contributed by atoms with van der Waals surface area (Å²) in [4.78, 5) is 4.15. The fourth-order valence-corrected chi connectivity index (χ4v) is 1.96. The van der Waals surface area contributed by atoms with Crippen molar-refractivity contribution >= 4 is 5.69 Å². The molecule has 0 unspecified atom stereocenters. The van der Waals surface area contributed by atoms with Crippen LogP contribution in [0.5, 0.6) is 0 Å². The highest BCUT2D eigenvalue weighted by atomic mass is 14.9. The van der Waals surface area contributed by atoms with Crippen molar-refractivity contribution < 1.29 is 0 Å². The fraction of sp³-hybridized carbons (Fsp3) is 0.267. The maximum atomic E-state index is 4.15. The third-order valence-corrected chi connectivity index (χ3v) is 2.85. The molecule has 0 saturated carbocycles. The van der Waals surface area contributed by atoms with Crippen LogP contribution in [0.15, 0.2) is 36.7 Å². The molecule has 0 fully saturated rings. The van der Waals surface area contributed by atoms with Crippen molar-refractivity contribution in [2.24, 2.45) is 0 Å². The number of aromatic nitrogens is 1. The molecule has 2 nitrogen and oxygen atoms in total. The molecule has 0 aliphatic carbocycles. The Balaban J connectivity index is 2.10. The molecule has 1 heterocycles. The summed E-state index contributed by atoms with van der Waals surface area (Å²) >= 11 is 0. The normalized spacial score (nSPS) is 10.3. The maximum absolute atomic E-state index is 4.15. The average molecular weight is 226 g/mol. The van der Waals surface area contributed by atoms with Crippen LogP contribution in [0.3, 0.4) is 0 Å². The SMILES string of the molecule is Cc1cc(C)cc(NCc2cnccc2C)c1. The second-order valence-corrected chi connectivity index (χ2v) is 4.53. The van der Waals surface area contributed by atoms with Crippen LogP contribution in [-0.2, 0) is 6.54 Å². The van der Waals surface area contributed by atoms with Gasteiger partial charge in [0.25, 0.3) is 0 Å². The van der Waals surface area contributed by atoms with Crippen molar-refractivity contribution in [3.8, 4) is 0 Å². The molecule has 17 heavy (non-hydrogen) atoms. The van der Waals surface area contributed by atoms with Crippen LogP contribution < -0.4 is 5.32 Å². The predicted molar refractivity (Wildman–Crippen MR) is 72.2 cm³/mol. The molecule has 1 aromatic heterocycles. The van der Waals surface area contributed by atoms with Crippen molar-refractivity contribution in [2.45, 2.75) is 27.3 Å². The Hall–Kier alpha value is -1.83. The third kappa shape index (κ3) is 3.06. The van der Waals surface area contributed by atoms with E-state index in [1.807, 2.05) is 18.5 Å². The number of pyridine rings is 1. The zero-order chi connectivity index (χ0) is 12.3. The van der Waals surface area contributed by atoms with E-state index in [1.165, 1.54) is 27.9 Å². The molecular formula is C15H18N2. The number of hydrogen-bond donors (Lipinski definition) is 1. The standard InChI is InChI=1S/C15H18N2/c1-11-6-12(2)8-15(7-11)17-10-14-9-16-5-4-13(14)3/h4-9,17H,10H2,1-3H3. The topological polar surface area (TPSA) is 24.9 Å². The minimum Gasteiger partial charge on any atom is -0.381 e. The smallest absolute Gasteiger partial charge is 0.0418 e. The van der Waals surface area contributed by atoms with E-state index >= 15 is 0 Å². The van der Waals surface area contributed by atoms with Gasteiger partial charge in [-0.25, -0.2) is 0 Å². The lowest BCUT2D eigenvalue weighted by molar-refractivity contribution is 1.08. The summed E-state index contributed by atoms with van der Waals surface area (Å²) in [5, 5.41) is 3.44. The van der Waals surface area contributed by atoms with Gasteiger partial charge in [-0.1, -0.05) is 6.07 Å². The Morgan fingerprint density at radius 1 is 1.06 bits per heavy atom. The van der Waals surface area contributed by atoms with Gasteiger partial charge in [0, 0.05) is 24.6 Å². The van der Waals surface area contributed by atoms with Gasteiger partial charge in [0.2, 0.25) is 0 Å². The first-order valence-corrected chi connectivity index (χ1v) is 5.87. The van der Waals surface area contributed by atoms with Gasteiger partial charge in [-0.15, -0.1) is 0 Å². The minimum atomic E-state index is 0.822. The van der Waals surface area contributed by atoms with Crippen molar-refractivity contribution in [1.29, 1.82) is 0 Å². The van der Waals surface area contributed by atoms with Gasteiger partial charge in [-0.05, 0) is 61.2 Å². The second kappa shape index (κ2) is 5.00. The second-order valence-electron chi connectivity index (χ2n) is 4.53. The number of nitrogens with zero attached hydrogens (tertiary/aromatic N) is 1. The van der Waals surface area contributed by atoms with Gasteiger partial charge in [-0.2, -0.15) is 0 Å². The van der Waals surface area contributed by atoms with Crippen molar-refractivity contribution in [3.63, 3.8) is 0 Å². The highest BCUT2D eigenvalue weighted by Gasteiger charge is 1.99. The molecule has 0 spiro atoms. The summed E-state index contributed by atoms with van der Waals surface area (Å²) < 4.78 is 0. The molecule has 0 amide bonds. The zero-order valence-electron chi connectivity index (χ0n) is 10.6. The number of aryl methyl sites for hydroxylation is 3. The van der Waals surface area contributed by atoms with E-state index in [-0.39, 0.29) is 0 Å². The van der Waals surface area contributed by atoms with Gasteiger partial charge in [0.15, 0.2) is 0 Å². The summed E-state index contributed by atoms with van der Waals surface area (Å²) in [5.41, 5.74) is 6.26. The summed E-state index contributed by atoms with van der Waals surface area (Å²) in [5.74, 6) is 0. The monoisotopic (exact) mass is 226 g/mol. The molecule has 0 aliphatic heterocycles. The number of hydrogen-bond acceptors (Lipinski definition) is 2. The molecular weight excluding hydrogens is 208 g/mol. The van der Waals surface area contributed by atoms with Gasteiger partial charge in [0.05, 0.1) is 0 Å². The van der Waals surface area contributed by atoms with Gasteiger partial charge in [0.1, 0.15) is 0 Å². The van der Waals surface area contributed by atoms with E-state index in [0.717, 1.165) is 6.54 Å². The minimum absolute atomic E-state index is 0.822. The molecule has 1 aromatic carbocycles. The van der Waals surface area contributed by atoms with E-state index in [0.29, 0.717) is 0 Å². The molecule has 2 rings (SSSR count). The van der Waals surface area contributed by atoms with Crippen LogP contribution in [0, 0.1) is 20.8 Å². The first-order chi connectivity index (χ1) is 8.15. The summed E-state index contributed by atoms with van der Waals surface area (Å²) in [6, 6.07) is 8.55. The maximum Gasteiger partial charge on any atom is 0.0418 e. The van der Waals surface area contributed by atoms with Crippen LogP contribution >= 0.6 is 0 Å². The number of rotatable bonds is 3. The first kappa shape index (κ1) is 11.6. The van der Waals surface area contributed by atoms with Gasteiger partial charge >= 0.3 is 0 Å². The number of anilines is 1. The quantitative estimate of drug-likeness (QED) is 0.864. The summed E-state index contributed by atoms with van der Waals surface area (Å²) in [6.07, 6.45) is 3.75. The Morgan fingerprint density at radius 2 is 1.76 bits per heavy atom. The lowest BCUT2D eigenvalue weighted by Gasteiger charge is -2.10. The van der Waals surface area contributed by atoms with Crippen molar-refractivity contribution in [1.82, 2.24) is 4.98 Å². The van der Waals surface area contributed by atoms with Crippen LogP contribution in [0.25, 0.3) is 0 Å². The van der Waals surface area contributed by atoms with Crippen molar-refractivity contribution in [2.75, 3.05) is 5.32 Å². The molecule has 2 heteroatoms. The van der Waals surface area contributed by atoms with E-state index < -0.39 is 0 Å². The molecule has 0 radical (unpaired) electrons. The van der Waals surface area contributed by atoms with Gasteiger partial charge in [-0.3, -0.25) is 4.98 Å². The van der Waals surface area contributed by atoms with Crippen molar-refractivity contribution in [3.05, 3.63) is 58.9 Å². The molecule has 1 N–H and O–H groups in total. The van der Waals surface area contributed by atoms with E-state index in [4.69, 9.17) is 0 Å². The molecule has 2 aromatic rings. The van der Waals surface area contributed by atoms with Crippen LogP contribution in [0.2, 0.25) is 0 Å². The molecule has 0 aliphatic rings. The first-order valence-electron chi connectivity index (χ1n) is 5.87. The lowest BCUT2D eigenvalue weighted by atomic mass is 10.1. The average Bonchev–Trinajstić information content (AvgIpc) is 2.27. The Bertz CT molecular complexity index is 498.